The number of nitrogens with two attached hydrogens (primary N) is 1. The number of hydrogen-bond donors (Lipinski definition) is 1. The Morgan fingerprint density at radius 2 is 2.14 bits per heavy atom. The largest absolute Gasteiger partial charge is 0.437 e. The number of fused-ring (bicyclic) bond motifs is 1. The number of halogens is 1. The van der Waals surface area contributed by atoms with Crippen LogP contribution >= 0.6 is 15.9 Å². The summed E-state index contributed by atoms with van der Waals surface area (Å²) in [4.78, 5) is 4.55. The SMILES string of the molecule is Cc1cc(Oc2nc3ccccn3c2CCN)ccc1Br. The van der Waals surface area contributed by atoms with Gasteiger partial charge in [0.15, 0.2) is 0 Å². The van der Waals surface area contributed by atoms with E-state index in [4.69, 9.17) is 10.5 Å². The Labute approximate surface area is 131 Å². The maximum atomic E-state index is 5.97. The van der Waals surface area contributed by atoms with Crippen LogP contribution in [0.3, 0.4) is 0 Å². The molecule has 21 heavy (non-hydrogen) atoms. The summed E-state index contributed by atoms with van der Waals surface area (Å²) in [5, 5.41) is 0. The van der Waals surface area contributed by atoms with Crippen LogP contribution in [0.2, 0.25) is 0 Å². The topological polar surface area (TPSA) is 52.5 Å². The maximum absolute atomic E-state index is 5.97. The standard InChI is InChI=1S/C16H16BrN3O/c1-11-10-12(5-6-13(11)17)21-16-14(7-8-18)20-9-3-2-4-15(20)19-16/h2-6,9-10H,7-8,18H2,1H3. The van der Waals surface area contributed by atoms with Gasteiger partial charge in [0.2, 0.25) is 5.88 Å². The Hall–Kier alpha value is -1.85. The van der Waals surface area contributed by atoms with Crippen molar-refractivity contribution in [2.45, 2.75) is 13.3 Å². The van der Waals surface area contributed by atoms with Crippen molar-refractivity contribution in [1.82, 2.24) is 9.38 Å². The first kappa shape index (κ1) is 14.1. The van der Waals surface area contributed by atoms with Crippen LogP contribution in [-0.4, -0.2) is 15.9 Å². The lowest BCUT2D eigenvalue weighted by Gasteiger charge is -2.07. The number of nitrogens with zero attached hydrogens (tertiary/aromatic N) is 2. The molecule has 0 spiro atoms. The first-order chi connectivity index (χ1) is 10.2. The predicted octanol–water partition coefficient (Wildman–Crippen LogP) is 3.70. The summed E-state index contributed by atoms with van der Waals surface area (Å²) >= 11 is 3.49. The van der Waals surface area contributed by atoms with E-state index in [1.807, 2.05) is 53.9 Å². The molecular formula is C16H16BrN3O. The van der Waals surface area contributed by atoms with E-state index >= 15 is 0 Å². The Balaban J connectivity index is 2.02. The molecule has 1 aromatic carbocycles. The zero-order valence-corrected chi connectivity index (χ0v) is 13.3. The van der Waals surface area contributed by atoms with Gasteiger partial charge >= 0.3 is 0 Å². The van der Waals surface area contributed by atoms with E-state index in [1.54, 1.807) is 0 Å². The lowest BCUT2D eigenvalue weighted by molar-refractivity contribution is 0.458. The molecule has 0 aliphatic rings. The Bertz CT molecular complexity index is 782. The number of aryl methyl sites for hydroxylation is 1. The maximum Gasteiger partial charge on any atom is 0.241 e. The van der Waals surface area contributed by atoms with Crippen LogP contribution in [0.25, 0.3) is 5.65 Å². The van der Waals surface area contributed by atoms with E-state index in [-0.39, 0.29) is 0 Å². The summed E-state index contributed by atoms with van der Waals surface area (Å²) in [7, 11) is 0. The van der Waals surface area contributed by atoms with Crippen molar-refractivity contribution in [3.05, 3.63) is 58.3 Å². The predicted molar refractivity (Wildman–Crippen MR) is 86.9 cm³/mol. The first-order valence-electron chi connectivity index (χ1n) is 6.79. The molecule has 0 fully saturated rings. The molecule has 2 N–H and O–H groups in total. The molecule has 3 rings (SSSR count). The summed E-state index contributed by atoms with van der Waals surface area (Å²) in [6.45, 7) is 2.58. The van der Waals surface area contributed by atoms with E-state index < -0.39 is 0 Å². The van der Waals surface area contributed by atoms with Crippen molar-refractivity contribution in [2.24, 2.45) is 5.73 Å². The minimum atomic E-state index is 0.554. The number of imidazole rings is 1. The average molecular weight is 346 g/mol. The van der Waals surface area contributed by atoms with Gasteiger partial charge < -0.3 is 14.9 Å². The van der Waals surface area contributed by atoms with Gasteiger partial charge in [-0.2, -0.15) is 4.98 Å². The molecule has 108 valence electrons. The average Bonchev–Trinajstić information content (AvgIpc) is 2.81. The highest BCUT2D eigenvalue weighted by Crippen LogP contribution is 2.28. The normalized spacial score (nSPS) is 11.0. The highest BCUT2D eigenvalue weighted by Gasteiger charge is 2.13. The van der Waals surface area contributed by atoms with Crippen molar-refractivity contribution >= 4 is 21.6 Å². The first-order valence-corrected chi connectivity index (χ1v) is 7.58. The minimum Gasteiger partial charge on any atom is -0.437 e. The summed E-state index contributed by atoms with van der Waals surface area (Å²) in [6, 6.07) is 11.8. The molecule has 2 heterocycles. The van der Waals surface area contributed by atoms with E-state index in [0.29, 0.717) is 12.4 Å². The molecule has 5 heteroatoms. The summed E-state index contributed by atoms with van der Waals surface area (Å²) in [5.74, 6) is 1.39. The van der Waals surface area contributed by atoms with Gasteiger partial charge in [-0.05, 0) is 49.4 Å². The van der Waals surface area contributed by atoms with E-state index in [2.05, 4.69) is 20.9 Å². The molecule has 2 aromatic heterocycles. The summed E-state index contributed by atoms with van der Waals surface area (Å²) < 4.78 is 9.06. The van der Waals surface area contributed by atoms with Crippen molar-refractivity contribution in [2.75, 3.05) is 6.54 Å². The summed E-state index contributed by atoms with van der Waals surface area (Å²) in [6.07, 6.45) is 2.70. The molecule has 0 aliphatic carbocycles. The van der Waals surface area contributed by atoms with Crippen molar-refractivity contribution in [1.29, 1.82) is 0 Å². The van der Waals surface area contributed by atoms with Gasteiger partial charge in [0, 0.05) is 17.1 Å². The highest BCUT2D eigenvalue weighted by atomic mass is 79.9. The van der Waals surface area contributed by atoms with Crippen LogP contribution in [0.15, 0.2) is 47.1 Å². The van der Waals surface area contributed by atoms with E-state index in [9.17, 15) is 0 Å². The van der Waals surface area contributed by atoms with Crippen molar-refractivity contribution in [3.8, 4) is 11.6 Å². The van der Waals surface area contributed by atoms with Crippen LogP contribution < -0.4 is 10.5 Å². The van der Waals surface area contributed by atoms with Gasteiger partial charge in [0.25, 0.3) is 0 Å². The molecule has 0 saturated carbocycles. The Morgan fingerprint density at radius 3 is 2.90 bits per heavy atom. The molecule has 0 unspecified atom stereocenters. The van der Waals surface area contributed by atoms with Crippen molar-refractivity contribution in [3.63, 3.8) is 0 Å². The monoisotopic (exact) mass is 345 g/mol. The molecule has 3 aromatic rings. The van der Waals surface area contributed by atoms with Gasteiger partial charge in [-0.1, -0.05) is 22.0 Å². The van der Waals surface area contributed by atoms with Crippen LogP contribution in [-0.2, 0) is 6.42 Å². The highest BCUT2D eigenvalue weighted by molar-refractivity contribution is 9.10. The minimum absolute atomic E-state index is 0.554. The lowest BCUT2D eigenvalue weighted by Crippen LogP contribution is -2.06. The Morgan fingerprint density at radius 1 is 1.29 bits per heavy atom. The smallest absolute Gasteiger partial charge is 0.241 e. The van der Waals surface area contributed by atoms with Crippen LogP contribution in [0, 0.1) is 6.92 Å². The van der Waals surface area contributed by atoms with Crippen LogP contribution in [0.5, 0.6) is 11.6 Å². The van der Waals surface area contributed by atoms with Crippen molar-refractivity contribution < 1.29 is 4.74 Å². The van der Waals surface area contributed by atoms with Gasteiger partial charge in [0.1, 0.15) is 11.4 Å². The third-order valence-electron chi connectivity index (χ3n) is 3.32. The molecule has 0 bridgehead atoms. The molecule has 0 atom stereocenters. The molecule has 4 nitrogen and oxygen atoms in total. The second kappa shape index (κ2) is 5.87. The second-order valence-electron chi connectivity index (χ2n) is 4.84. The quantitative estimate of drug-likeness (QED) is 0.784. The van der Waals surface area contributed by atoms with Crippen LogP contribution in [0.4, 0.5) is 0 Å². The zero-order chi connectivity index (χ0) is 14.8. The number of benzene rings is 1. The number of ether oxygens (including phenoxy) is 1. The fourth-order valence-corrected chi connectivity index (χ4v) is 2.51. The fourth-order valence-electron chi connectivity index (χ4n) is 2.26. The number of pyridine rings is 1. The number of hydrogen-bond acceptors (Lipinski definition) is 3. The molecule has 0 saturated heterocycles. The number of aromatic nitrogens is 2. The third-order valence-corrected chi connectivity index (χ3v) is 4.21. The van der Waals surface area contributed by atoms with Gasteiger partial charge in [-0.3, -0.25) is 0 Å². The van der Waals surface area contributed by atoms with Crippen LogP contribution in [0.1, 0.15) is 11.3 Å². The van der Waals surface area contributed by atoms with Gasteiger partial charge in [-0.25, -0.2) is 0 Å². The molecule has 0 aliphatic heterocycles. The van der Waals surface area contributed by atoms with Gasteiger partial charge in [0.05, 0.1) is 5.69 Å². The second-order valence-corrected chi connectivity index (χ2v) is 5.70. The van der Waals surface area contributed by atoms with E-state index in [0.717, 1.165) is 33.5 Å². The third kappa shape index (κ3) is 2.80. The fraction of sp³-hybridized carbons (Fsp3) is 0.188. The van der Waals surface area contributed by atoms with Gasteiger partial charge in [-0.15, -0.1) is 0 Å². The summed E-state index contributed by atoms with van der Waals surface area (Å²) in [5.41, 5.74) is 8.70. The Kier molecular flexibility index (Phi) is 3.94. The lowest BCUT2D eigenvalue weighted by atomic mass is 10.2. The van der Waals surface area contributed by atoms with E-state index in [1.165, 1.54) is 0 Å². The number of rotatable bonds is 4. The molecular weight excluding hydrogens is 330 g/mol. The zero-order valence-electron chi connectivity index (χ0n) is 11.7. The molecule has 0 amide bonds. The molecule has 0 radical (unpaired) electrons.